The number of amides is 1. The molecule has 7 nitrogen and oxygen atoms in total. The molecule has 1 aliphatic rings. The van der Waals surface area contributed by atoms with Crippen molar-refractivity contribution in [2.24, 2.45) is 0 Å². The third-order valence-corrected chi connectivity index (χ3v) is 4.58. The van der Waals surface area contributed by atoms with Gasteiger partial charge in [-0.2, -0.15) is 5.10 Å². The Labute approximate surface area is 148 Å². The van der Waals surface area contributed by atoms with E-state index >= 15 is 0 Å². The van der Waals surface area contributed by atoms with Crippen molar-refractivity contribution in [3.05, 3.63) is 36.3 Å². The second-order valence-corrected chi connectivity index (χ2v) is 6.21. The molecule has 2 aromatic heterocycles. The van der Waals surface area contributed by atoms with Crippen LogP contribution in [0.25, 0.3) is 0 Å². The highest BCUT2D eigenvalue weighted by Gasteiger charge is 2.18. The van der Waals surface area contributed by atoms with E-state index in [4.69, 9.17) is 0 Å². The maximum Gasteiger partial charge on any atom is 0.276 e. The first kappa shape index (κ1) is 17.4. The Balaban J connectivity index is 1.63. The number of aromatic nitrogens is 3. The summed E-state index contributed by atoms with van der Waals surface area (Å²) >= 11 is 0. The second-order valence-electron chi connectivity index (χ2n) is 6.21. The van der Waals surface area contributed by atoms with Gasteiger partial charge in [-0.25, -0.2) is 4.98 Å². The Morgan fingerprint density at radius 3 is 2.84 bits per heavy atom. The van der Waals surface area contributed by atoms with E-state index in [2.05, 4.69) is 39.5 Å². The Morgan fingerprint density at radius 2 is 2.20 bits per heavy atom. The number of carbonyl (C=O) groups excluding carboxylic acids is 1. The quantitative estimate of drug-likeness (QED) is 0.842. The van der Waals surface area contributed by atoms with Crippen LogP contribution >= 0.6 is 0 Å². The molecule has 2 N–H and O–H groups in total. The average molecular weight is 342 g/mol. The standard InChI is InChI=1S/C18H26N6O/c1-3-23(4-2)17-8-7-14(12-20-17)21-18(25)16-9-11-24(22-16)15-6-5-10-19-13-15/h7-9,11-12,15,19H,3-6,10,13H2,1-2H3,(H,21,25). The molecule has 1 atom stereocenters. The van der Waals surface area contributed by atoms with E-state index in [9.17, 15) is 4.79 Å². The predicted molar refractivity (Wildman–Crippen MR) is 99.1 cm³/mol. The van der Waals surface area contributed by atoms with Crippen LogP contribution in [0.4, 0.5) is 11.5 Å². The fourth-order valence-corrected chi connectivity index (χ4v) is 3.11. The van der Waals surface area contributed by atoms with E-state index < -0.39 is 0 Å². The van der Waals surface area contributed by atoms with Crippen molar-refractivity contribution in [2.45, 2.75) is 32.7 Å². The Morgan fingerprint density at radius 1 is 1.36 bits per heavy atom. The molecular weight excluding hydrogens is 316 g/mol. The molecular formula is C18H26N6O. The van der Waals surface area contributed by atoms with Crippen LogP contribution < -0.4 is 15.5 Å². The molecule has 0 spiro atoms. The molecule has 0 aliphatic carbocycles. The molecule has 134 valence electrons. The summed E-state index contributed by atoms with van der Waals surface area (Å²) < 4.78 is 1.89. The summed E-state index contributed by atoms with van der Waals surface area (Å²) in [5.41, 5.74) is 1.10. The zero-order chi connectivity index (χ0) is 17.6. The topological polar surface area (TPSA) is 75.1 Å². The highest BCUT2D eigenvalue weighted by Crippen LogP contribution is 2.17. The van der Waals surface area contributed by atoms with Gasteiger partial charge >= 0.3 is 0 Å². The molecule has 3 rings (SSSR count). The smallest absolute Gasteiger partial charge is 0.276 e. The van der Waals surface area contributed by atoms with Gasteiger partial charge in [0.25, 0.3) is 5.91 Å². The van der Waals surface area contributed by atoms with E-state index in [-0.39, 0.29) is 5.91 Å². The second kappa shape index (κ2) is 8.11. The van der Waals surface area contributed by atoms with Gasteiger partial charge in [-0.1, -0.05) is 0 Å². The van der Waals surface area contributed by atoms with Crippen LogP contribution in [-0.2, 0) is 0 Å². The molecule has 1 fully saturated rings. The number of pyridine rings is 1. The minimum Gasteiger partial charge on any atom is -0.357 e. The van der Waals surface area contributed by atoms with Crippen molar-refractivity contribution in [1.29, 1.82) is 0 Å². The highest BCUT2D eigenvalue weighted by molar-refractivity contribution is 6.02. The molecule has 0 saturated carbocycles. The first-order chi connectivity index (χ1) is 12.2. The molecule has 1 aliphatic heterocycles. The lowest BCUT2D eigenvalue weighted by molar-refractivity contribution is 0.102. The van der Waals surface area contributed by atoms with Crippen molar-refractivity contribution < 1.29 is 4.79 Å². The van der Waals surface area contributed by atoms with Gasteiger partial charge in [0.1, 0.15) is 5.82 Å². The van der Waals surface area contributed by atoms with E-state index in [0.717, 1.165) is 44.8 Å². The molecule has 0 radical (unpaired) electrons. The lowest BCUT2D eigenvalue weighted by Gasteiger charge is -2.22. The van der Waals surface area contributed by atoms with E-state index in [1.54, 1.807) is 12.3 Å². The number of rotatable bonds is 6. The molecule has 0 bridgehead atoms. The third kappa shape index (κ3) is 4.17. The van der Waals surface area contributed by atoms with Gasteiger partial charge in [0.15, 0.2) is 5.69 Å². The minimum atomic E-state index is -0.208. The normalized spacial score (nSPS) is 17.3. The third-order valence-electron chi connectivity index (χ3n) is 4.58. The lowest BCUT2D eigenvalue weighted by atomic mass is 10.1. The van der Waals surface area contributed by atoms with E-state index in [1.165, 1.54) is 0 Å². The number of anilines is 2. The Hall–Kier alpha value is -2.41. The Bertz CT molecular complexity index is 686. The fourth-order valence-electron chi connectivity index (χ4n) is 3.11. The molecule has 2 aromatic rings. The van der Waals surface area contributed by atoms with Crippen molar-refractivity contribution in [1.82, 2.24) is 20.1 Å². The number of nitrogens with one attached hydrogen (secondary N) is 2. The number of piperidine rings is 1. The Kier molecular flexibility index (Phi) is 5.65. The lowest BCUT2D eigenvalue weighted by Crippen LogP contribution is -2.32. The fraction of sp³-hybridized carbons (Fsp3) is 0.500. The highest BCUT2D eigenvalue weighted by atomic mass is 16.1. The monoisotopic (exact) mass is 342 g/mol. The van der Waals surface area contributed by atoms with Crippen LogP contribution in [0.3, 0.4) is 0 Å². The zero-order valence-electron chi connectivity index (χ0n) is 14.9. The van der Waals surface area contributed by atoms with Gasteiger partial charge in [-0.05, 0) is 51.4 Å². The van der Waals surface area contributed by atoms with Gasteiger partial charge in [0.05, 0.1) is 17.9 Å². The van der Waals surface area contributed by atoms with Gasteiger partial charge in [-0.3, -0.25) is 9.48 Å². The summed E-state index contributed by atoms with van der Waals surface area (Å²) in [6.45, 7) is 7.96. The first-order valence-electron chi connectivity index (χ1n) is 8.99. The number of hydrogen-bond acceptors (Lipinski definition) is 5. The molecule has 1 unspecified atom stereocenters. The van der Waals surface area contributed by atoms with Gasteiger partial charge in [-0.15, -0.1) is 0 Å². The van der Waals surface area contributed by atoms with Crippen molar-refractivity contribution in [3.8, 4) is 0 Å². The molecule has 3 heterocycles. The van der Waals surface area contributed by atoms with Crippen LogP contribution in [0.1, 0.15) is 43.2 Å². The summed E-state index contributed by atoms with van der Waals surface area (Å²) in [5.74, 6) is 0.706. The van der Waals surface area contributed by atoms with Crippen molar-refractivity contribution >= 4 is 17.4 Å². The minimum absolute atomic E-state index is 0.208. The summed E-state index contributed by atoms with van der Waals surface area (Å²) in [6.07, 6.45) is 5.80. The number of hydrogen-bond donors (Lipinski definition) is 2. The van der Waals surface area contributed by atoms with Crippen LogP contribution in [0.5, 0.6) is 0 Å². The van der Waals surface area contributed by atoms with E-state index in [0.29, 0.717) is 17.4 Å². The maximum atomic E-state index is 12.4. The van der Waals surface area contributed by atoms with Crippen molar-refractivity contribution in [3.63, 3.8) is 0 Å². The summed E-state index contributed by atoms with van der Waals surface area (Å²) in [5, 5.41) is 10.7. The van der Waals surface area contributed by atoms with Crippen LogP contribution in [0.15, 0.2) is 30.6 Å². The first-order valence-corrected chi connectivity index (χ1v) is 8.99. The van der Waals surface area contributed by atoms with Crippen LogP contribution in [0, 0.1) is 0 Å². The molecule has 25 heavy (non-hydrogen) atoms. The summed E-state index contributed by atoms with van der Waals surface area (Å²) in [4.78, 5) is 19.0. The largest absolute Gasteiger partial charge is 0.357 e. The number of nitrogens with zero attached hydrogens (tertiary/aromatic N) is 4. The molecule has 7 heteroatoms. The number of carbonyl (C=O) groups is 1. The van der Waals surface area contributed by atoms with Gasteiger partial charge in [0.2, 0.25) is 0 Å². The van der Waals surface area contributed by atoms with Crippen molar-refractivity contribution in [2.75, 3.05) is 36.4 Å². The maximum absolute atomic E-state index is 12.4. The molecule has 1 saturated heterocycles. The average Bonchev–Trinajstić information content (AvgIpc) is 3.15. The van der Waals surface area contributed by atoms with Gasteiger partial charge < -0.3 is 15.5 Å². The summed E-state index contributed by atoms with van der Waals surface area (Å²) in [6, 6.07) is 5.89. The van der Waals surface area contributed by atoms with Crippen LogP contribution in [0.2, 0.25) is 0 Å². The van der Waals surface area contributed by atoms with E-state index in [1.807, 2.05) is 23.0 Å². The SMILES string of the molecule is CCN(CC)c1ccc(NC(=O)c2ccn(C3CCCNC3)n2)cn1. The van der Waals surface area contributed by atoms with Crippen LogP contribution in [-0.4, -0.2) is 46.9 Å². The van der Waals surface area contributed by atoms with Gasteiger partial charge in [0, 0.05) is 25.8 Å². The summed E-state index contributed by atoms with van der Waals surface area (Å²) in [7, 11) is 0. The predicted octanol–water partition coefficient (Wildman–Crippen LogP) is 2.30. The molecule has 1 amide bonds. The zero-order valence-corrected chi connectivity index (χ0v) is 14.9. The molecule has 0 aromatic carbocycles.